The number of carbonyl (C=O) groups excluding carboxylic acids is 2. The van der Waals surface area contributed by atoms with Crippen molar-refractivity contribution in [1.82, 2.24) is 9.27 Å². The fraction of sp³-hybridized carbons (Fsp3) is 0.286. The molecule has 0 bridgehead atoms. The first kappa shape index (κ1) is 18.6. The van der Waals surface area contributed by atoms with Crippen LogP contribution in [-0.4, -0.2) is 34.2 Å². The molecule has 3 N–H and O–H groups in total. The third-order valence-corrected chi connectivity index (χ3v) is 5.92. The van der Waals surface area contributed by atoms with Crippen LogP contribution in [-0.2, 0) is 11.3 Å². The summed E-state index contributed by atoms with van der Waals surface area (Å²) in [6, 6.07) is 13.4. The van der Waals surface area contributed by atoms with Crippen LogP contribution in [0.25, 0.3) is 10.1 Å². The van der Waals surface area contributed by atoms with Crippen LogP contribution in [0.2, 0.25) is 0 Å². The smallest absolute Gasteiger partial charge is 0.255 e. The Morgan fingerprint density at radius 3 is 2.82 bits per heavy atom. The normalized spacial score (nSPS) is 17.5. The molecule has 2 amide bonds. The van der Waals surface area contributed by atoms with Crippen molar-refractivity contribution >= 4 is 39.1 Å². The number of likely N-dealkylation sites (tertiary alicyclic amines) is 1. The summed E-state index contributed by atoms with van der Waals surface area (Å²) in [6.07, 6.45) is 3.64. The van der Waals surface area contributed by atoms with E-state index in [2.05, 4.69) is 14.6 Å². The monoisotopic (exact) mass is 394 g/mol. The zero-order valence-corrected chi connectivity index (χ0v) is 16.2. The number of aromatic nitrogens is 1. The van der Waals surface area contributed by atoms with Gasteiger partial charge in [0, 0.05) is 35.9 Å². The number of primary amides is 1. The van der Waals surface area contributed by atoms with Gasteiger partial charge in [0.25, 0.3) is 5.91 Å². The molecule has 1 fully saturated rings. The topological polar surface area (TPSA) is 88.3 Å². The molecule has 2 heterocycles. The van der Waals surface area contributed by atoms with Crippen LogP contribution in [0.5, 0.6) is 0 Å². The number of nitrogens with two attached hydrogens (primary N) is 1. The van der Waals surface area contributed by atoms with Crippen LogP contribution in [0, 0.1) is 5.92 Å². The fourth-order valence-corrected chi connectivity index (χ4v) is 4.23. The molecule has 4 rings (SSSR count). The minimum Gasteiger partial charge on any atom is -0.369 e. The summed E-state index contributed by atoms with van der Waals surface area (Å²) in [5.41, 5.74) is 7.97. The highest BCUT2D eigenvalue weighted by molar-refractivity contribution is 7.13. The van der Waals surface area contributed by atoms with Crippen molar-refractivity contribution in [3.8, 4) is 0 Å². The van der Waals surface area contributed by atoms with E-state index in [1.165, 1.54) is 11.5 Å². The average Bonchev–Trinajstić information content (AvgIpc) is 3.17. The first-order valence-corrected chi connectivity index (χ1v) is 10.1. The lowest BCUT2D eigenvalue weighted by Gasteiger charge is -2.31. The van der Waals surface area contributed by atoms with Crippen LogP contribution in [0.1, 0.15) is 28.8 Å². The van der Waals surface area contributed by atoms with E-state index >= 15 is 0 Å². The number of fused-ring (bicyclic) bond motifs is 1. The van der Waals surface area contributed by atoms with Gasteiger partial charge in [0.2, 0.25) is 5.91 Å². The van der Waals surface area contributed by atoms with Gasteiger partial charge in [-0.3, -0.25) is 14.5 Å². The van der Waals surface area contributed by atoms with E-state index in [0.717, 1.165) is 47.3 Å². The van der Waals surface area contributed by atoms with Crippen molar-refractivity contribution in [3.63, 3.8) is 0 Å². The summed E-state index contributed by atoms with van der Waals surface area (Å²) in [6.45, 7) is 2.47. The van der Waals surface area contributed by atoms with Crippen molar-refractivity contribution in [3.05, 3.63) is 59.8 Å². The number of benzene rings is 2. The zero-order chi connectivity index (χ0) is 19.5. The molecule has 0 aliphatic carbocycles. The maximum atomic E-state index is 12.5. The third kappa shape index (κ3) is 4.21. The summed E-state index contributed by atoms with van der Waals surface area (Å²) in [5, 5.41) is 3.91. The van der Waals surface area contributed by atoms with Crippen molar-refractivity contribution in [1.29, 1.82) is 0 Å². The molecule has 7 heteroatoms. The SMILES string of the molecule is NC(=O)C1CCCN(Cc2ccc(NC(=O)c3ccc4sncc4c3)cc2)C1. The number of nitrogens with zero attached hydrogens (tertiary/aromatic N) is 2. The Kier molecular flexibility index (Phi) is 5.36. The van der Waals surface area contributed by atoms with E-state index in [1.807, 2.05) is 42.5 Å². The lowest BCUT2D eigenvalue weighted by Crippen LogP contribution is -2.40. The number of hydrogen-bond donors (Lipinski definition) is 2. The van der Waals surface area contributed by atoms with Crippen LogP contribution < -0.4 is 11.1 Å². The van der Waals surface area contributed by atoms with E-state index in [-0.39, 0.29) is 17.7 Å². The predicted octanol–water partition coefficient (Wildman–Crippen LogP) is 3.25. The van der Waals surface area contributed by atoms with Crippen molar-refractivity contribution in [2.24, 2.45) is 11.7 Å². The second-order valence-electron chi connectivity index (χ2n) is 7.21. The molecular weight excluding hydrogens is 372 g/mol. The molecule has 1 aliphatic rings. The molecule has 2 aromatic carbocycles. The Balaban J connectivity index is 1.37. The number of nitrogens with one attached hydrogen (secondary N) is 1. The predicted molar refractivity (Wildman–Crippen MR) is 111 cm³/mol. The number of anilines is 1. The van der Waals surface area contributed by atoms with Gasteiger partial charge in [0.1, 0.15) is 0 Å². The quantitative estimate of drug-likeness (QED) is 0.695. The molecular formula is C21H22N4O2S. The summed E-state index contributed by atoms with van der Waals surface area (Å²) in [5.74, 6) is -0.400. The largest absolute Gasteiger partial charge is 0.369 e. The van der Waals surface area contributed by atoms with Gasteiger partial charge in [0.15, 0.2) is 0 Å². The van der Waals surface area contributed by atoms with Gasteiger partial charge in [-0.2, -0.15) is 4.37 Å². The lowest BCUT2D eigenvalue weighted by molar-refractivity contribution is -0.123. The van der Waals surface area contributed by atoms with E-state index in [9.17, 15) is 9.59 Å². The Morgan fingerprint density at radius 1 is 1.21 bits per heavy atom. The van der Waals surface area contributed by atoms with Gasteiger partial charge < -0.3 is 11.1 Å². The Hall–Kier alpha value is -2.77. The minimum absolute atomic E-state index is 0.0527. The summed E-state index contributed by atoms with van der Waals surface area (Å²) < 4.78 is 5.20. The van der Waals surface area contributed by atoms with Gasteiger partial charge in [-0.25, -0.2) is 0 Å². The van der Waals surface area contributed by atoms with Crippen LogP contribution in [0.4, 0.5) is 5.69 Å². The highest BCUT2D eigenvalue weighted by atomic mass is 32.1. The number of hydrogen-bond acceptors (Lipinski definition) is 5. The summed E-state index contributed by atoms with van der Waals surface area (Å²) >= 11 is 1.42. The molecule has 3 aromatic rings. The van der Waals surface area contributed by atoms with E-state index in [4.69, 9.17) is 5.73 Å². The van der Waals surface area contributed by atoms with Gasteiger partial charge >= 0.3 is 0 Å². The molecule has 1 unspecified atom stereocenters. The van der Waals surface area contributed by atoms with Crippen molar-refractivity contribution < 1.29 is 9.59 Å². The highest BCUT2D eigenvalue weighted by Gasteiger charge is 2.23. The van der Waals surface area contributed by atoms with E-state index in [1.54, 1.807) is 6.20 Å². The second-order valence-corrected chi connectivity index (χ2v) is 8.04. The van der Waals surface area contributed by atoms with E-state index in [0.29, 0.717) is 12.1 Å². The first-order valence-electron chi connectivity index (χ1n) is 9.35. The van der Waals surface area contributed by atoms with Crippen LogP contribution in [0.3, 0.4) is 0 Å². The standard InChI is InChI=1S/C21H22N4O2S/c22-20(26)16-2-1-9-25(13-16)12-14-3-6-18(7-4-14)24-21(27)15-5-8-19-17(10-15)11-23-28-19/h3-8,10-11,16H,1-2,9,12-13H2,(H2,22,26)(H,24,27). The minimum atomic E-state index is -0.209. The highest BCUT2D eigenvalue weighted by Crippen LogP contribution is 2.21. The molecule has 28 heavy (non-hydrogen) atoms. The lowest BCUT2D eigenvalue weighted by atomic mass is 9.97. The van der Waals surface area contributed by atoms with Crippen LogP contribution in [0.15, 0.2) is 48.7 Å². The van der Waals surface area contributed by atoms with Crippen molar-refractivity contribution in [2.75, 3.05) is 18.4 Å². The molecule has 0 spiro atoms. The Morgan fingerprint density at radius 2 is 2.04 bits per heavy atom. The fourth-order valence-electron chi connectivity index (χ4n) is 3.60. The molecule has 0 radical (unpaired) electrons. The van der Waals surface area contributed by atoms with Gasteiger partial charge in [0.05, 0.1) is 10.6 Å². The molecule has 0 saturated carbocycles. The molecule has 1 atom stereocenters. The molecule has 144 valence electrons. The third-order valence-electron chi connectivity index (χ3n) is 5.14. The molecule has 1 saturated heterocycles. The maximum absolute atomic E-state index is 12.5. The molecule has 6 nitrogen and oxygen atoms in total. The Bertz CT molecular complexity index is 999. The second kappa shape index (κ2) is 8.08. The van der Waals surface area contributed by atoms with Gasteiger partial charge in [-0.05, 0) is 66.8 Å². The average molecular weight is 395 g/mol. The molecule has 1 aliphatic heterocycles. The number of carbonyl (C=O) groups is 2. The summed E-state index contributed by atoms with van der Waals surface area (Å²) in [4.78, 5) is 26.2. The van der Waals surface area contributed by atoms with Gasteiger partial charge in [-0.15, -0.1) is 0 Å². The molecule has 1 aromatic heterocycles. The zero-order valence-electron chi connectivity index (χ0n) is 15.4. The van der Waals surface area contributed by atoms with E-state index < -0.39 is 0 Å². The first-order chi connectivity index (χ1) is 13.6. The Labute approximate surface area is 167 Å². The van der Waals surface area contributed by atoms with Crippen LogP contribution >= 0.6 is 11.5 Å². The van der Waals surface area contributed by atoms with Gasteiger partial charge in [-0.1, -0.05) is 12.1 Å². The number of piperidine rings is 1. The number of amides is 2. The maximum Gasteiger partial charge on any atom is 0.255 e. The number of rotatable bonds is 5. The summed E-state index contributed by atoms with van der Waals surface area (Å²) in [7, 11) is 0. The van der Waals surface area contributed by atoms with Crippen molar-refractivity contribution in [2.45, 2.75) is 19.4 Å².